The first-order valence-corrected chi connectivity index (χ1v) is 9.34. The maximum atomic E-state index is 13.1. The summed E-state index contributed by atoms with van der Waals surface area (Å²) in [5.41, 5.74) is 0.288. The van der Waals surface area contributed by atoms with Gasteiger partial charge in [0.25, 0.3) is 5.91 Å². The molecule has 3 fully saturated rings. The zero-order valence-corrected chi connectivity index (χ0v) is 14.9. The van der Waals surface area contributed by atoms with Gasteiger partial charge >= 0.3 is 0 Å². The number of piperidine rings is 1. The molecule has 0 bridgehead atoms. The Labute approximate surface area is 148 Å². The Balaban J connectivity index is 1.47. The van der Waals surface area contributed by atoms with E-state index in [1.54, 1.807) is 13.2 Å². The van der Waals surface area contributed by atoms with Gasteiger partial charge in [-0.1, -0.05) is 6.07 Å². The van der Waals surface area contributed by atoms with Gasteiger partial charge in [-0.3, -0.25) is 9.59 Å². The van der Waals surface area contributed by atoms with E-state index in [1.807, 2.05) is 23.1 Å². The van der Waals surface area contributed by atoms with Crippen LogP contribution in [0.2, 0.25) is 0 Å². The topological polar surface area (TPSA) is 49.9 Å². The molecular weight excluding hydrogens is 316 g/mol. The first-order chi connectivity index (χ1) is 12.1. The van der Waals surface area contributed by atoms with Crippen LogP contribution in [0, 0.1) is 11.3 Å². The Morgan fingerprint density at radius 3 is 2.88 bits per heavy atom. The van der Waals surface area contributed by atoms with Crippen molar-refractivity contribution in [3.05, 3.63) is 29.8 Å². The molecule has 1 aliphatic carbocycles. The van der Waals surface area contributed by atoms with Crippen LogP contribution >= 0.6 is 0 Å². The van der Waals surface area contributed by atoms with Crippen LogP contribution in [0.1, 0.15) is 42.5 Å². The molecule has 1 atom stereocenters. The minimum Gasteiger partial charge on any atom is -0.497 e. The van der Waals surface area contributed by atoms with E-state index < -0.39 is 0 Å². The number of amides is 2. The number of carbonyl (C=O) groups excluding carboxylic acids is 2. The summed E-state index contributed by atoms with van der Waals surface area (Å²) in [7, 11) is 1.60. The number of likely N-dealkylation sites (tertiary alicyclic amines) is 2. The molecule has 0 radical (unpaired) electrons. The van der Waals surface area contributed by atoms with Gasteiger partial charge in [-0.25, -0.2) is 0 Å². The first-order valence-electron chi connectivity index (χ1n) is 9.34. The second-order valence-electron chi connectivity index (χ2n) is 7.79. The fourth-order valence-electron chi connectivity index (χ4n) is 4.30. The zero-order valence-electron chi connectivity index (χ0n) is 14.9. The smallest absolute Gasteiger partial charge is 0.254 e. The molecule has 1 aromatic carbocycles. The SMILES string of the molecule is COc1cccc(C(=O)N2CC[C@]3(CCCN(CC4CC4)C3=O)C2)c1. The minimum atomic E-state index is -0.346. The van der Waals surface area contributed by atoms with Crippen LogP contribution in [0.25, 0.3) is 0 Å². The Morgan fingerprint density at radius 1 is 1.28 bits per heavy atom. The molecule has 5 nitrogen and oxygen atoms in total. The summed E-state index contributed by atoms with van der Waals surface area (Å²) < 4.78 is 5.22. The predicted octanol–water partition coefficient (Wildman–Crippen LogP) is 2.56. The molecule has 2 aliphatic heterocycles. The van der Waals surface area contributed by atoms with Crippen LogP contribution in [0.3, 0.4) is 0 Å². The van der Waals surface area contributed by atoms with Gasteiger partial charge in [-0.05, 0) is 56.2 Å². The number of hydrogen-bond acceptors (Lipinski definition) is 3. The van der Waals surface area contributed by atoms with Crippen LogP contribution < -0.4 is 4.74 Å². The fraction of sp³-hybridized carbons (Fsp3) is 0.600. The highest BCUT2D eigenvalue weighted by Crippen LogP contribution is 2.42. The average Bonchev–Trinajstić information content (AvgIpc) is 3.36. The van der Waals surface area contributed by atoms with Crippen LogP contribution in [0.5, 0.6) is 5.75 Å². The van der Waals surface area contributed by atoms with Crippen LogP contribution in [0.4, 0.5) is 0 Å². The van der Waals surface area contributed by atoms with Gasteiger partial charge in [0, 0.05) is 31.7 Å². The van der Waals surface area contributed by atoms with Crippen molar-refractivity contribution in [2.75, 3.05) is 33.3 Å². The number of carbonyl (C=O) groups is 2. The molecule has 4 rings (SSSR count). The van der Waals surface area contributed by atoms with Crippen molar-refractivity contribution in [2.45, 2.75) is 32.1 Å². The Kier molecular flexibility index (Phi) is 4.18. The summed E-state index contributed by atoms with van der Waals surface area (Å²) >= 11 is 0. The van der Waals surface area contributed by atoms with E-state index in [9.17, 15) is 9.59 Å². The second kappa shape index (κ2) is 6.36. The van der Waals surface area contributed by atoms with Gasteiger partial charge in [0.05, 0.1) is 12.5 Å². The van der Waals surface area contributed by atoms with Gasteiger partial charge < -0.3 is 14.5 Å². The van der Waals surface area contributed by atoms with Crippen LogP contribution in [-0.4, -0.2) is 54.9 Å². The van der Waals surface area contributed by atoms with Crippen molar-refractivity contribution in [3.63, 3.8) is 0 Å². The highest BCUT2D eigenvalue weighted by Gasteiger charge is 2.50. The van der Waals surface area contributed by atoms with Crippen molar-refractivity contribution in [2.24, 2.45) is 11.3 Å². The Morgan fingerprint density at radius 2 is 2.12 bits per heavy atom. The molecule has 3 aliphatic rings. The van der Waals surface area contributed by atoms with Gasteiger partial charge in [0.15, 0.2) is 0 Å². The van der Waals surface area contributed by atoms with Crippen molar-refractivity contribution in [3.8, 4) is 5.75 Å². The van der Waals surface area contributed by atoms with Crippen LogP contribution in [0.15, 0.2) is 24.3 Å². The van der Waals surface area contributed by atoms with Crippen molar-refractivity contribution >= 4 is 11.8 Å². The summed E-state index contributed by atoms with van der Waals surface area (Å²) in [6, 6.07) is 7.26. The summed E-state index contributed by atoms with van der Waals surface area (Å²) in [5, 5.41) is 0. The summed E-state index contributed by atoms with van der Waals surface area (Å²) in [4.78, 5) is 29.9. The normalized spacial score (nSPS) is 26.4. The van der Waals surface area contributed by atoms with Gasteiger partial charge in [-0.2, -0.15) is 0 Å². The lowest BCUT2D eigenvalue weighted by Crippen LogP contribution is -2.50. The molecule has 1 aromatic rings. The average molecular weight is 342 g/mol. The van der Waals surface area contributed by atoms with Gasteiger partial charge in [-0.15, -0.1) is 0 Å². The van der Waals surface area contributed by atoms with Crippen molar-refractivity contribution < 1.29 is 14.3 Å². The zero-order chi connectivity index (χ0) is 17.4. The molecule has 1 spiro atoms. The van der Waals surface area contributed by atoms with Gasteiger partial charge in [0.1, 0.15) is 5.75 Å². The third kappa shape index (κ3) is 3.12. The number of benzene rings is 1. The van der Waals surface area contributed by atoms with Gasteiger partial charge in [0.2, 0.25) is 5.91 Å². The molecule has 5 heteroatoms. The Hall–Kier alpha value is -2.04. The largest absolute Gasteiger partial charge is 0.497 e. The monoisotopic (exact) mass is 342 g/mol. The van der Waals surface area contributed by atoms with Crippen molar-refractivity contribution in [1.29, 1.82) is 0 Å². The quantitative estimate of drug-likeness (QED) is 0.845. The molecule has 134 valence electrons. The molecule has 0 N–H and O–H groups in total. The number of hydrogen-bond donors (Lipinski definition) is 0. The molecule has 0 aromatic heterocycles. The van der Waals surface area contributed by atoms with E-state index in [2.05, 4.69) is 4.90 Å². The van der Waals surface area contributed by atoms with E-state index in [-0.39, 0.29) is 17.2 Å². The Bertz CT molecular complexity index is 685. The predicted molar refractivity (Wildman–Crippen MR) is 94.5 cm³/mol. The number of rotatable bonds is 4. The second-order valence-corrected chi connectivity index (χ2v) is 7.79. The maximum Gasteiger partial charge on any atom is 0.254 e. The molecule has 2 saturated heterocycles. The molecule has 0 unspecified atom stereocenters. The first kappa shape index (κ1) is 16.4. The van der Waals surface area contributed by atoms with Crippen molar-refractivity contribution in [1.82, 2.24) is 9.80 Å². The van der Waals surface area contributed by atoms with E-state index >= 15 is 0 Å². The number of methoxy groups -OCH3 is 1. The lowest BCUT2D eigenvalue weighted by atomic mass is 9.78. The standard InChI is InChI=1S/C20H26N2O3/c1-25-17-5-2-4-16(12-17)18(23)22-11-9-20(14-22)8-3-10-21(19(20)24)13-15-6-7-15/h2,4-5,12,15H,3,6-11,13-14H2,1H3/t20-/m1/s1. The molecular formula is C20H26N2O3. The van der Waals surface area contributed by atoms with E-state index in [1.165, 1.54) is 12.8 Å². The third-order valence-corrected chi connectivity index (χ3v) is 5.96. The highest BCUT2D eigenvalue weighted by atomic mass is 16.5. The van der Waals surface area contributed by atoms with E-state index in [0.29, 0.717) is 24.4 Å². The molecule has 2 heterocycles. The summed E-state index contributed by atoms with van der Waals surface area (Å²) in [5.74, 6) is 1.69. The molecule has 1 saturated carbocycles. The molecule has 25 heavy (non-hydrogen) atoms. The van der Waals surface area contributed by atoms with Crippen LogP contribution in [-0.2, 0) is 4.79 Å². The summed E-state index contributed by atoms with van der Waals surface area (Å²) in [6.45, 7) is 3.04. The molecule has 2 amide bonds. The third-order valence-electron chi connectivity index (χ3n) is 5.96. The minimum absolute atomic E-state index is 0.00268. The van der Waals surface area contributed by atoms with E-state index in [0.717, 1.165) is 38.3 Å². The summed E-state index contributed by atoms with van der Waals surface area (Å²) in [6.07, 6.45) is 5.28. The maximum absolute atomic E-state index is 13.1. The lowest BCUT2D eigenvalue weighted by molar-refractivity contribution is -0.145. The lowest BCUT2D eigenvalue weighted by Gasteiger charge is -2.39. The van der Waals surface area contributed by atoms with E-state index in [4.69, 9.17) is 4.74 Å². The number of ether oxygens (including phenoxy) is 1. The fourth-order valence-corrected chi connectivity index (χ4v) is 4.30. The highest BCUT2D eigenvalue weighted by molar-refractivity contribution is 5.96. The number of nitrogens with zero attached hydrogens (tertiary/aromatic N) is 2.